The molecule has 0 aromatic heterocycles. The smallest absolute Gasteiger partial charge is 0.123 e. The average molecular weight is 318 g/mol. The van der Waals surface area contributed by atoms with Crippen LogP contribution in [0.2, 0.25) is 0 Å². The molecule has 2 nitrogen and oxygen atoms in total. The second-order valence-electron chi connectivity index (χ2n) is 7.63. The summed E-state index contributed by atoms with van der Waals surface area (Å²) in [4.78, 5) is 2.64. The first-order valence-corrected chi connectivity index (χ1v) is 9.37. The van der Waals surface area contributed by atoms with Crippen LogP contribution in [0.5, 0.6) is 0 Å². The molecule has 0 amide bonds. The van der Waals surface area contributed by atoms with Gasteiger partial charge in [0.25, 0.3) is 0 Å². The lowest BCUT2D eigenvalue weighted by atomic mass is 9.68. The molecule has 1 aromatic carbocycles. The van der Waals surface area contributed by atoms with E-state index in [0.29, 0.717) is 5.92 Å². The van der Waals surface area contributed by atoms with E-state index in [1.807, 2.05) is 6.07 Å². The molecule has 0 radical (unpaired) electrons. The maximum absolute atomic E-state index is 13.9. The van der Waals surface area contributed by atoms with Crippen LogP contribution in [0.3, 0.4) is 0 Å². The molecule has 2 fully saturated rings. The lowest BCUT2D eigenvalue weighted by molar-refractivity contribution is 0.0412. The van der Waals surface area contributed by atoms with Crippen molar-refractivity contribution in [1.82, 2.24) is 4.90 Å². The van der Waals surface area contributed by atoms with E-state index in [9.17, 15) is 4.39 Å². The van der Waals surface area contributed by atoms with Gasteiger partial charge < -0.3 is 5.73 Å². The van der Waals surface area contributed by atoms with Crippen molar-refractivity contribution in [2.75, 3.05) is 19.6 Å². The van der Waals surface area contributed by atoms with E-state index in [1.54, 1.807) is 12.1 Å². The maximum atomic E-state index is 13.9. The zero-order valence-electron chi connectivity index (χ0n) is 14.4. The Labute approximate surface area is 140 Å². The van der Waals surface area contributed by atoms with Gasteiger partial charge in [-0.25, -0.2) is 4.39 Å². The molecule has 3 heteroatoms. The number of hydrogen-bond acceptors (Lipinski definition) is 2. The summed E-state index contributed by atoms with van der Waals surface area (Å²) in [6.45, 7) is 5.47. The molecule has 1 atom stereocenters. The summed E-state index contributed by atoms with van der Waals surface area (Å²) in [7, 11) is 0. The molecule has 1 aliphatic carbocycles. The Balaban J connectivity index is 1.81. The predicted molar refractivity (Wildman–Crippen MR) is 93.7 cm³/mol. The maximum Gasteiger partial charge on any atom is 0.123 e. The Morgan fingerprint density at radius 2 is 1.96 bits per heavy atom. The SMILES string of the molecule is CC(CCN)C1CCC(c2cccc(F)c2)(N2CCCC2)CC1. The highest BCUT2D eigenvalue weighted by molar-refractivity contribution is 5.27. The van der Waals surface area contributed by atoms with Crippen molar-refractivity contribution >= 4 is 0 Å². The van der Waals surface area contributed by atoms with Crippen molar-refractivity contribution in [2.45, 2.75) is 57.4 Å². The first-order valence-electron chi connectivity index (χ1n) is 9.37. The molecule has 2 aliphatic rings. The summed E-state index contributed by atoms with van der Waals surface area (Å²) in [5.41, 5.74) is 7.01. The van der Waals surface area contributed by atoms with Gasteiger partial charge in [0.05, 0.1) is 0 Å². The number of benzene rings is 1. The second-order valence-corrected chi connectivity index (χ2v) is 7.63. The van der Waals surface area contributed by atoms with E-state index < -0.39 is 0 Å². The Morgan fingerprint density at radius 1 is 1.26 bits per heavy atom. The molecule has 2 N–H and O–H groups in total. The molecular weight excluding hydrogens is 287 g/mol. The molecule has 0 spiro atoms. The summed E-state index contributed by atoms with van der Waals surface area (Å²) in [5.74, 6) is 1.40. The second kappa shape index (κ2) is 7.31. The van der Waals surface area contributed by atoms with Gasteiger partial charge in [0.15, 0.2) is 0 Å². The van der Waals surface area contributed by atoms with Gasteiger partial charge in [-0.05, 0) is 94.1 Å². The van der Waals surface area contributed by atoms with E-state index in [4.69, 9.17) is 5.73 Å². The minimum absolute atomic E-state index is 0.0670. The zero-order valence-corrected chi connectivity index (χ0v) is 14.4. The van der Waals surface area contributed by atoms with Gasteiger partial charge >= 0.3 is 0 Å². The van der Waals surface area contributed by atoms with Crippen LogP contribution in [0.25, 0.3) is 0 Å². The highest BCUT2D eigenvalue weighted by Crippen LogP contribution is 2.47. The minimum atomic E-state index is -0.0975. The number of likely N-dealkylation sites (tertiary alicyclic amines) is 1. The Morgan fingerprint density at radius 3 is 2.57 bits per heavy atom. The number of nitrogens with zero attached hydrogens (tertiary/aromatic N) is 1. The van der Waals surface area contributed by atoms with Crippen LogP contribution in [-0.4, -0.2) is 24.5 Å². The largest absolute Gasteiger partial charge is 0.330 e. The number of nitrogens with two attached hydrogens (primary N) is 1. The lowest BCUT2D eigenvalue weighted by Gasteiger charge is -2.48. The first-order chi connectivity index (χ1) is 11.2. The molecule has 23 heavy (non-hydrogen) atoms. The summed E-state index contributed by atoms with van der Waals surface area (Å²) in [6, 6.07) is 7.37. The predicted octanol–water partition coefficient (Wildman–Crippen LogP) is 4.29. The fourth-order valence-corrected chi connectivity index (χ4v) is 4.90. The van der Waals surface area contributed by atoms with Crippen LogP contribution in [0.4, 0.5) is 4.39 Å². The summed E-state index contributed by atoms with van der Waals surface area (Å²) < 4.78 is 13.9. The normalized spacial score (nSPS) is 30.5. The van der Waals surface area contributed by atoms with E-state index in [0.717, 1.165) is 31.7 Å². The molecule has 1 saturated heterocycles. The minimum Gasteiger partial charge on any atom is -0.330 e. The van der Waals surface area contributed by atoms with Gasteiger partial charge in [0, 0.05) is 5.54 Å². The number of halogens is 1. The molecular formula is C20H31FN2. The molecule has 1 saturated carbocycles. The molecule has 1 aliphatic heterocycles. The van der Waals surface area contributed by atoms with E-state index in [-0.39, 0.29) is 11.4 Å². The summed E-state index contributed by atoms with van der Waals surface area (Å²) in [5, 5.41) is 0. The van der Waals surface area contributed by atoms with E-state index in [1.165, 1.54) is 44.3 Å². The highest BCUT2D eigenvalue weighted by Gasteiger charge is 2.43. The molecule has 128 valence electrons. The highest BCUT2D eigenvalue weighted by atomic mass is 19.1. The van der Waals surface area contributed by atoms with Gasteiger partial charge in [-0.2, -0.15) is 0 Å². The topological polar surface area (TPSA) is 29.3 Å². The number of hydrogen-bond donors (Lipinski definition) is 1. The molecule has 1 heterocycles. The van der Waals surface area contributed by atoms with Crippen molar-refractivity contribution in [3.8, 4) is 0 Å². The fourth-order valence-electron chi connectivity index (χ4n) is 4.90. The van der Waals surface area contributed by atoms with Gasteiger partial charge in [-0.15, -0.1) is 0 Å². The Bertz CT molecular complexity index is 502. The van der Waals surface area contributed by atoms with E-state index >= 15 is 0 Å². The van der Waals surface area contributed by atoms with Crippen LogP contribution in [-0.2, 0) is 5.54 Å². The van der Waals surface area contributed by atoms with Crippen molar-refractivity contribution in [3.63, 3.8) is 0 Å². The van der Waals surface area contributed by atoms with Crippen LogP contribution >= 0.6 is 0 Å². The monoisotopic (exact) mass is 318 g/mol. The van der Waals surface area contributed by atoms with Crippen LogP contribution < -0.4 is 5.73 Å². The lowest BCUT2D eigenvalue weighted by Crippen LogP contribution is -2.47. The van der Waals surface area contributed by atoms with Crippen molar-refractivity contribution in [3.05, 3.63) is 35.6 Å². The number of rotatable bonds is 5. The summed E-state index contributed by atoms with van der Waals surface area (Å²) >= 11 is 0. The van der Waals surface area contributed by atoms with Gasteiger partial charge in [-0.1, -0.05) is 19.1 Å². The van der Waals surface area contributed by atoms with Gasteiger partial charge in [0.1, 0.15) is 5.82 Å². The Kier molecular flexibility index (Phi) is 5.38. The van der Waals surface area contributed by atoms with Crippen molar-refractivity contribution in [1.29, 1.82) is 0 Å². The van der Waals surface area contributed by atoms with Gasteiger partial charge in [0.2, 0.25) is 0 Å². The molecule has 1 unspecified atom stereocenters. The van der Waals surface area contributed by atoms with Crippen molar-refractivity contribution in [2.24, 2.45) is 17.6 Å². The zero-order chi connectivity index (χ0) is 16.3. The standard InChI is InChI=1S/C20H31FN2/c1-16(9-12-22)17-7-10-20(11-8-17,23-13-2-3-14-23)18-5-4-6-19(21)15-18/h4-6,15-17H,2-3,7-14,22H2,1H3. The van der Waals surface area contributed by atoms with Crippen LogP contribution in [0.1, 0.15) is 57.4 Å². The van der Waals surface area contributed by atoms with Crippen molar-refractivity contribution < 1.29 is 4.39 Å². The molecule has 3 rings (SSSR count). The average Bonchev–Trinajstić information content (AvgIpc) is 3.10. The summed E-state index contributed by atoms with van der Waals surface area (Å²) in [6.07, 6.45) is 8.50. The fraction of sp³-hybridized carbons (Fsp3) is 0.700. The third-order valence-corrected chi connectivity index (χ3v) is 6.36. The first kappa shape index (κ1) is 16.9. The Hall–Kier alpha value is -0.930. The molecule has 1 aromatic rings. The third-order valence-electron chi connectivity index (χ3n) is 6.36. The van der Waals surface area contributed by atoms with Gasteiger partial charge in [-0.3, -0.25) is 4.90 Å². The third kappa shape index (κ3) is 3.46. The van der Waals surface area contributed by atoms with Crippen LogP contribution in [0.15, 0.2) is 24.3 Å². The van der Waals surface area contributed by atoms with E-state index in [2.05, 4.69) is 17.9 Å². The quantitative estimate of drug-likeness (QED) is 0.877. The molecule has 0 bridgehead atoms. The van der Waals surface area contributed by atoms with Crippen LogP contribution in [0, 0.1) is 17.7 Å².